The molecule has 0 aromatic heterocycles. The first-order chi connectivity index (χ1) is 10.6. The van der Waals surface area contributed by atoms with E-state index in [-0.39, 0.29) is 5.56 Å². The Morgan fingerprint density at radius 3 is 2.36 bits per heavy atom. The van der Waals surface area contributed by atoms with Crippen molar-refractivity contribution in [2.75, 3.05) is 20.3 Å². The summed E-state index contributed by atoms with van der Waals surface area (Å²) >= 11 is 3.36. The average molecular weight is 367 g/mol. The number of hydrogen-bond acceptors (Lipinski definition) is 4. The molecule has 0 aliphatic carbocycles. The third kappa shape index (κ3) is 4.39. The molecule has 5 nitrogen and oxygen atoms in total. The van der Waals surface area contributed by atoms with Gasteiger partial charge in [0.05, 0.1) is 12.7 Å². The van der Waals surface area contributed by atoms with E-state index >= 15 is 0 Å². The van der Waals surface area contributed by atoms with Gasteiger partial charge in [0.15, 0.2) is 11.5 Å². The number of methoxy groups -OCH3 is 1. The van der Waals surface area contributed by atoms with Gasteiger partial charge in [0, 0.05) is 4.47 Å². The van der Waals surface area contributed by atoms with Gasteiger partial charge in [-0.3, -0.25) is 0 Å². The van der Waals surface area contributed by atoms with Crippen molar-refractivity contribution in [1.29, 1.82) is 0 Å². The molecule has 2 aromatic carbocycles. The molecule has 0 aliphatic rings. The van der Waals surface area contributed by atoms with Gasteiger partial charge in [-0.25, -0.2) is 4.79 Å². The maximum Gasteiger partial charge on any atom is 0.335 e. The lowest BCUT2D eigenvalue weighted by atomic mass is 10.2. The molecule has 2 aromatic rings. The van der Waals surface area contributed by atoms with Gasteiger partial charge in [0.1, 0.15) is 19.0 Å². The van der Waals surface area contributed by atoms with Gasteiger partial charge in [-0.15, -0.1) is 0 Å². The number of carboxylic acids is 1. The number of ether oxygens (including phenoxy) is 3. The second-order valence-corrected chi connectivity index (χ2v) is 5.24. The molecule has 0 unspecified atom stereocenters. The standard InChI is InChI=1S/C16H15BrO5/c1-20-15-10-12(17)4-7-14(15)22-9-8-21-13-5-2-11(3-6-13)16(18)19/h2-7,10H,8-9H2,1H3,(H,18,19). The lowest BCUT2D eigenvalue weighted by molar-refractivity contribution is 0.0697. The van der Waals surface area contributed by atoms with Crippen molar-refractivity contribution in [1.82, 2.24) is 0 Å². The molecule has 22 heavy (non-hydrogen) atoms. The normalized spacial score (nSPS) is 10.1. The van der Waals surface area contributed by atoms with Crippen LogP contribution in [0.2, 0.25) is 0 Å². The molecule has 0 saturated heterocycles. The predicted octanol–water partition coefficient (Wildman–Crippen LogP) is 3.61. The third-order valence-electron chi connectivity index (χ3n) is 2.84. The highest BCUT2D eigenvalue weighted by molar-refractivity contribution is 9.10. The Balaban J connectivity index is 1.83. The quantitative estimate of drug-likeness (QED) is 0.758. The fourth-order valence-electron chi connectivity index (χ4n) is 1.77. The van der Waals surface area contributed by atoms with Crippen molar-refractivity contribution in [3.63, 3.8) is 0 Å². The minimum absolute atomic E-state index is 0.225. The fourth-order valence-corrected chi connectivity index (χ4v) is 2.11. The number of hydrogen-bond donors (Lipinski definition) is 1. The number of carbonyl (C=O) groups is 1. The maximum atomic E-state index is 10.7. The highest BCUT2D eigenvalue weighted by Gasteiger charge is 2.05. The SMILES string of the molecule is COc1cc(Br)ccc1OCCOc1ccc(C(=O)O)cc1. The van der Waals surface area contributed by atoms with E-state index < -0.39 is 5.97 Å². The molecule has 0 saturated carbocycles. The van der Waals surface area contributed by atoms with Crippen molar-refractivity contribution in [2.24, 2.45) is 0 Å². The Morgan fingerprint density at radius 2 is 1.73 bits per heavy atom. The molecule has 0 bridgehead atoms. The summed E-state index contributed by atoms with van der Waals surface area (Å²) in [5, 5.41) is 8.81. The van der Waals surface area contributed by atoms with Crippen molar-refractivity contribution in [3.8, 4) is 17.2 Å². The zero-order valence-corrected chi connectivity index (χ0v) is 13.5. The first kappa shape index (κ1) is 16.2. The highest BCUT2D eigenvalue weighted by atomic mass is 79.9. The second kappa shape index (κ2) is 7.70. The Bertz CT molecular complexity index is 639. The summed E-state index contributed by atoms with van der Waals surface area (Å²) in [4.78, 5) is 10.7. The van der Waals surface area contributed by atoms with Crippen LogP contribution in [-0.4, -0.2) is 31.4 Å². The van der Waals surface area contributed by atoms with Gasteiger partial charge in [-0.1, -0.05) is 15.9 Å². The van der Waals surface area contributed by atoms with Crippen LogP contribution in [0.25, 0.3) is 0 Å². The van der Waals surface area contributed by atoms with E-state index in [9.17, 15) is 4.79 Å². The van der Waals surface area contributed by atoms with Crippen LogP contribution in [0.5, 0.6) is 17.2 Å². The third-order valence-corrected chi connectivity index (χ3v) is 3.33. The van der Waals surface area contributed by atoms with Crippen LogP contribution in [0.1, 0.15) is 10.4 Å². The summed E-state index contributed by atoms with van der Waals surface area (Å²) in [5.41, 5.74) is 0.225. The molecule has 0 spiro atoms. The molecule has 2 rings (SSSR count). The average Bonchev–Trinajstić information content (AvgIpc) is 2.53. The number of aromatic carboxylic acids is 1. The Hall–Kier alpha value is -2.21. The van der Waals surface area contributed by atoms with Crippen molar-refractivity contribution < 1.29 is 24.1 Å². The zero-order valence-electron chi connectivity index (χ0n) is 11.9. The fraction of sp³-hybridized carbons (Fsp3) is 0.188. The summed E-state index contributed by atoms with van der Waals surface area (Å²) in [6.45, 7) is 0.685. The predicted molar refractivity (Wildman–Crippen MR) is 85.1 cm³/mol. The molecular weight excluding hydrogens is 352 g/mol. The van der Waals surface area contributed by atoms with Crippen molar-refractivity contribution in [3.05, 3.63) is 52.5 Å². The van der Waals surface area contributed by atoms with Gasteiger partial charge in [0.25, 0.3) is 0 Å². The Kier molecular flexibility index (Phi) is 5.66. The van der Waals surface area contributed by atoms with Gasteiger partial charge in [-0.05, 0) is 42.5 Å². The van der Waals surface area contributed by atoms with Gasteiger partial charge in [0.2, 0.25) is 0 Å². The number of halogens is 1. The van der Waals surface area contributed by atoms with E-state index in [4.69, 9.17) is 19.3 Å². The van der Waals surface area contributed by atoms with E-state index in [0.29, 0.717) is 30.5 Å². The molecule has 0 aliphatic heterocycles. The highest BCUT2D eigenvalue weighted by Crippen LogP contribution is 2.30. The minimum atomic E-state index is -0.961. The molecular formula is C16H15BrO5. The summed E-state index contributed by atoms with van der Waals surface area (Å²) in [6, 6.07) is 11.7. The first-order valence-electron chi connectivity index (χ1n) is 6.52. The molecule has 0 atom stereocenters. The summed E-state index contributed by atoms with van der Waals surface area (Å²) in [6.07, 6.45) is 0. The van der Waals surface area contributed by atoms with Crippen LogP contribution in [0.15, 0.2) is 46.9 Å². The Morgan fingerprint density at radius 1 is 1.05 bits per heavy atom. The lowest BCUT2D eigenvalue weighted by Gasteiger charge is -2.11. The molecule has 1 N–H and O–H groups in total. The van der Waals surface area contributed by atoms with Gasteiger partial charge in [-0.2, -0.15) is 0 Å². The van der Waals surface area contributed by atoms with Crippen molar-refractivity contribution in [2.45, 2.75) is 0 Å². The van der Waals surface area contributed by atoms with Gasteiger partial charge < -0.3 is 19.3 Å². The van der Waals surface area contributed by atoms with Crippen LogP contribution in [0.4, 0.5) is 0 Å². The Labute approximate surface area is 136 Å². The monoisotopic (exact) mass is 366 g/mol. The largest absolute Gasteiger partial charge is 0.493 e. The minimum Gasteiger partial charge on any atom is -0.493 e. The van der Waals surface area contributed by atoms with Crippen LogP contribution in [0, 0.1) is 0 Å². The summed E-state index contributed by atoms with van der Waals surface area (Å²) in [7, 11) is 1.58. The van der Waals surface area contributed by atoms with Crippen LogP contribution >= 0.6 is 15.9 Å². The number of rotatable bonds is 7. The van der Waals surface area contributed by atoms with Gasteiger partial charge >= 0.3 is 5.97 Å². The molecule has 0 fully saturated rings. The topological polar surface area (TPSA) is 65.0 Å². The molecule has 116 valence electrons. The van der Waals surface area contributed by atoms with E-state index in [2.05, 4.69) is 15.9 Å². The van der Waals surface area contributed by atoms with Crippen molar-refractivity contribution >= 4 is 21.9 Å². The first-order valence-corrected chi connectivity index (χ1v) is 7.32. The van der Waals surface area contributed by atoms with E-state index in [0.717, 1.165) is 4.47 Å². The maximum absolute atomic E-state index is 10.7. The van der Waals surface area contributed by atoms with E-state index in [1.54, 1.807) is 19.2 Å². The van der Waals surface area contributed by atoms with Crippen LogP contribution in [0.3, 0.4) is 0 Å². The lowest BCUT2D eigenvalue weighted by Crippen LogP contribution is -2.09. The van der Waals surface area contributed by atoms with Crippen LogP contribution in [-0.2, 0) is 0 Å². The number of benzene rings is 2. The zero-order chi connectivity index (χ0) is 15.9. The summed E-state index contributed by atoms with van der Waals surface area (Å²) in [5.74, 6) is 0.907. The van der Waals surface area contributed by atoms with Crippen LogP contribution < -0.4 is 14.2 Å². The van der Waals surface area contributed by atoms with E-state index in [1.165, 1.54) is 12.1 Å². The smallest absolute Gasteiger partial charge is 0.335 e. The number of carboxylic acid groups (broad SMARTS) is 1. The summed E-state index contributed by atoms with van der Waals surface area (Å²) < 4.78 is 17.2. The molecule has 0 heterocycles. The molecule has 0 radical (unpaired) electrons. The second-order valence-electron chi connectivity index (χ2n) is 4.32. The molecule has 6 heteroatoms. The van der Waals surface area contributed by atoms with E-state index in [1.807, 2.05) is 18.2 Å². The molecule has 0 amide bonds.